The van der Waals surface area contributed by atoms with Gasteiger partial charge in [-0.1, -0.05) is 184 Å². The third-order valence-electron chi connectivity index (χ3n) is 13.4. The SMILES string of the molecule is CCC/C=C\C/C=C\CCCCCCCC(=O)NC(COC1OC(CO)C(OC2OC(CO)C(O)C(O)C2O)C(O)C1O)C(O)/C=C/CC/C=C/CC/C=C/CCCCCCCCCCCCCCCC. The largest absolute Gasteiger partial charge is 0.394 e. The van der Waals surface area contributed by atoms with E-state index in [1.807, 2.05) is 6.08 Å². The molecule has 0 spiro atoms. The van der Waals surface area contributed by atoms with Crippen molar-refractivity contribution in [3.8, 4) is 0 Å². The van der Waals surface area contributed by atoms with E-state index in [2.05, 4.69) is 67.8 Å². The van der Waals surface area contributed by atoms with Crippen molar-refractivity contribution in [3.05, 3.63) is 60.8 Å². The molecule has 71 heavy (non-hydrogen) atoms. The van der Waals surface area contributed by atoms with Crippen LogP contribution in [-0.4, -0.2) is 140 Å². The Balaban J connectivity index is 1.81. The van der Waals surface area contributed by atoms with Gasteiger partial charge in [-0.2, -0.15) is 0 Å². The number of aliphatic hydroxyl groups is 8. The van der Waals surface area contributed by atoms with E-state index in [9.17, 15) is 45.6 Å². The van der Waals surface area contributed by atoms with Crippen molar-refractivity contribution in [2.75, 3.05) is 19.8 Å². The molecule has 14 heteroatoms. The van der Waals surface area contributed by atoms with Gasteiger partial charge in [0.2, 0.25) is 5.91 Å². The van der Waals surface area contributed by atoms with Crippen LogP contribution in [0.15, 0.2) is 60.8 Å². The van der Waals surface area contributed by atoms with Gasteiger partial charge in [-0.25, -0.2) is 0 Å². The second-order valence-corrected chi connectivity index (χ2v) is 19.7. The van der Waals surface area contributed by atoms with Gasteiger partial charge < -0.3 is 65.1 Å². The first-order valence-electron chi connectivity index (χ1n) is 28.0. The van der Waals surface area contributed by atoms with Gasteiger partial charge in [0, 0.05) is 6.42 Å². The number of nitrogens with one attached hydrogen (secondary N) is 1. The number of rotatable bonds is 43. The minimum atomic E-state index is -1.80. The van der Waals surface area contributed by atoms with Crippen LogP contribution in [0, 0.1) is 0 Å². The second-order valence-electron chi connectivity index (χ2n) is 19.7. The molecule has 0 aromatic rings. The summed E-state index contributed by atoms with van der Waals surface area (Å²) < 4.78 is 22.7. The molecule has 12 unspecified atom stereocenters. The molecule has 12 atom stereocenters. The summed E-state index contributed by atoms with van der Waals surface area (Å²) in [5.41, 5.74) is 0. The number of unbranched alkanes of at least 4 members (excludes halogenated alkanes) is 22. The average molecular weight is 1010 g/mol. The lowest BCUT2D eigenvalue weighted by molar-refractivity contribution is -0.359. The van der Waals surface area contributed by atoms with Crippen molar-refractivity contribution >= 4 is 5.91 Å². The van der Waals surface area contributed by atoms with Gasteiger partial charge in [0.25, 0.3) is 0 Å². The van der Waals surface area contributed by atoms with Crippen LogP contribution in [0.25, 0.3) is 0 Å². The van der Waals surface area contributed by atoms with E-state index in [0.29, 0.717) is 12.8 Å². The van der Waals surface area contributed by atoms with Crippen molar-refractivity contribution in [2.24, 2.45) is 0 Å². The summed E-state index contributed by atoms with van der Waals surface area (Å²) in [6, 6.07) is -0.946. The smallest absolute Gasteiger partial charge is 0.220 e. The number of amides is 1. The molecule has 412 valence electrons. The van der Waals surface area contributed by atoms with E-state index in [-0.39, 0.29) is 18.9 Å². The summed E-state index contributed by atoms with van der Waals surface area (Å²) >= 11 is 0. The van der Waals surface area contributed by atoms with Crippen molar-refractivity contribution in [3.63, 3.8) is 0 Å². The van der Waals surface area contributed by atoms with Crippen LogP contribution in [0.2, 0.25) is 0 Å². The third kappa shape index (κ3) is 29.4. The van der Waals surface area contributed by atoms with Crippen molar-refractivity contribution in [1.29, 1.82) is 0 Å². The predicted octanol–water partition coefficient (Wildman–Crippen LogP) is 8.61. The van der Waals surface area contributed by atoms with E-state index in [0.717, 1.165) is 77.0 Å². The zero-order valence-electron chi connectivity index (χ0n) is 43.9. The lowest BCUT2D eigenvalue weighted by Gasteiger charge is -2.46. The Morgan fingerprint density at radius 1 is 0.507 bits per heavy atom. The standard InChI is InChI=1S/C57H101NO13/c1-3-5-7-9-11-13-15-17-18-19-20-21-22-23-24-25-26-27-29-30-32-34-36-38-40-46(61)45(58-49(62)41-39-37-35-33-31-28-16-14-12-10-8-6-4-2)44-68-56-54(67)52(65)55(48(43-60)70-56)71-57-53(66)51(64)50(63)47(42-59)69-57/h8,10,14,16,25-26,30,32,38,40,45-48,50-57,59-61,63-67H,3-7,9,11-13,15,17-24,27-29,31,33-37,39,41-44H2,1-2H3,(H,58,62)/b10-8-,16-14-,26-25+,32-30+,40-38+. The summed E-state index contributed by atoms with van der Waals surface area (Å²) in [7, 11) is 0. The third-order valence-corrected chi connectivity index (χ3v) is 13.4. The monoisotopic (exact) mass is 1010 g/mol. The molecule has 2 heterocycles. The zero-order chi connectivity index (χ0) is 51.7. The Labute approximate surface area is 428 Å². The summed E-state index contributed by atoms with van der Waals surface area (Å²) in [6.45, 7) is 2.68. The second kappa shape index (κ2) is 43.0. The van der Waals surface area contributed by atoms with Crippen LogP contribution in [0.4, 0.5) is 0 Å². The molecule has 0 aliphatic carbocycles. The van der Waals surface area contributed by atoms with Gasteiger partial charge >= 0.3 is 0 Å². The highest BCUT2D eigenvalue weighted by molar-refractivity contribution is 5.76. The number of carbonyl (C=O) groups is 1. The van der Waals surface area contributed by atoms with E-state index in [4.69, 9.17) is 18.9 Å². The first-order valence-corrected chi connectivity index (χ1v) is 28.0. The number of hydrogen-bond donors (Lipinski definition) is 9. The molecule has 14 nitrogen and oxygen atoms in total. The predicted molar refractivity (Wildman–Crippen MR) is 281 cm³/mol. The fourth-order valence-corrected chi connectivity index (χ4v) is 8.83. The highest BCUT2D eigenvalue weighted by Gasteiger charge is 2.51. The molecular weight excluding hydrogens is 907 g/mol. The topological polar surface area (TPSA) is 228 Å². The molecule has 0 aromatic carbocycles. The number of aliphatic hydroxyl groups excluding tert-OH is 8. The summed E-state index contributed by atoms with van der Waals surface area (Å²) in [6.07, 6.45) is 37.0. The molecule has 2 aliphatic rings. The molecule has 2 aliphatic heterocycles. The number of carbonyl (C=O) groups excluding carboxylic acids is 1. The molecule has 2 rings (SSSR count). The molecule has 1 amide bonds. The minimum absolute atomic E-state index is 0.251. The first kappa shape index (κ1) is 64.8. The van der Waals surface area contributed by atoms with E-state index in [1.54, 1.807) is 6.08 Å². The Morgan fingerprint density at radius 3 is 1.52 bits per heavy atom. The van der Waals surface area contributed by atoms with Crippen LogP contribution in [0.5, 0.6) is 0 Å². The fraction of sp³-hybridized carbons (Fsp3) is 0.807. The number of ether oxygens (including phenoxy) is 4. The normalized spacial score (nSPS) is 26.2. The van der Waals surface area contributed by atoms with Gasteiger partial charge in [-0.05, 0) is 70.6 Å². The lowest BCUT2D eigenvalue weighted by Crippen LogP contribution is -2.65. The first-order chi connectivity index (χ1) is 34.6. The Kier molecular flexibility index (Phi) is 39.2. The van der Waals surface area contributed by atoms with Crippen LogP contribution in [0.1, 0.15) is 200 Å². The maximum atomic E-state index is 13.2. The molecule has 9 N–H and O–H groups in total. The van der Waals surface area contributed by atoms with Gasteiger partial charge in [0.1, 0.15) is 48.8 Å². The lowest BCUT2D eigenvalue weighted by atomic mass is 9.97. The molecule has 0 aromatic heterocycles. The van der Waals surface area contributed by atoms with E-state index < -0.39 is 86.8 Å². The van der Waals surface area contributed by atoms with Crippen molar-refractivity contribution in [2.45, 2.75) is 274 Å². The number of hydrogen-bond acceptors (Lipinski definition) is 13. The van der Waals surface area contributed by atoms with E-state index >= 15 is 0 Å². The van der Waals surface area contributed by atoms with Crippen LogP contribution < -0.4 is 5.32 Å². The van der Waals surface area contributed by atoms with Gasteiger partial charge in [0.05, 0.1) is 32.0 Å². The van der Waals surface area contributed by atoms with Crippen LogP contribution in [-0.2, 0) is 23.7 Å². The average Bonchev–Trinajstić information content (AvgIpc) is 3.37. The minimum Gasteiger partial charge on any atom is -0.394 e. The Bertz CT molecular complexity index is 1420. The van der Waals surface area contributed by atoms with Gasteiger partial charge in [-0.15, -0.1) is 0 Å². The molecule has 0 radical (unpaired) electrons. The van der Waals surface area contributed by atoms with Gasteiger partial charge in [-0.3, -0.25) is 4.79 Å². The molecule has 0 saturated carbocycles. The Morgan fingerprint density at radius 2 is 0.972 bits per heavy atom. The Hall–Kier alpha value is -2.31. The van der Waals surface area contributed by atoms with E-state index in [1.165, 1.54) is 89.9 Å². The quantitative estimate of drug-likeness (QED) is 0.0206. The van der Waals surface area contributed by atoms with Crippen molar-refractivity contribution in [1.82, 2.24) is 5.32 Å². The summed E-state index contributed by atoms with van der Waals surface area (Å²) in [4.78, 5) is 13.2. The van der Waals surface area contributed by atoms with Crippen LogP contribution >= 0.6 is 0 Å². The maximum absolute atomic E-state index is 13.2. The highest BCUT2D eigenvalue weighted by atomic mass is 16.7. The van der Waals surface area contributed by atoms with Crippen molar-refractivity contribution < 1.29 is 64.6 Å². The number of allylic oxidation sites excluding steroid dienone is 9. The maximum Gasteiger partial charge on any atom is 0.220 e. The summed E-state index contributed by atoms with van der Waals surface area (Å²) in [5, 5.41) is 86.8. The molecule has 2 fully saturated rings. The highest BCUT2D eigenvalue weighted by Crippen LogP contribution is 2.30. The zero-order valence-corrected chi connectivity index (χ0v) is 43.9. The molecule has 2 saturated heterocycles. The van der Waals surface area contributed by atoms with Gasteiger partial charge in [0.15, 0.2) is 12.6 Å². The van der Waals surface area contributed by atoms with Crippen LogP contribution in [0.3, 0.4) is 0 Å². The summed E-state index contributed by atoms with van der Waals surface area (Å²) in [5.74, 6) is -0.270. The molecule has 0 bridgehead atoms. The molecular formula is C57H101NO13. The fourth-order valence-electron chi connectivity index (χ4n) is 8.83.